The van der Waals surface area contributed by atoms with E-state index in [1.165, 1.54) is 0 Å². The summed E-state index contributed by atoms with van der Waals surface area (Å²) in [6, 6.07) is -0.710. The number of carboxylic acids is 1. The molecule has 0 bridgehead atoms. The molecule has 5 nitrogen and oxygen atoms in total. The molecular weight excluding hydrogens is 218 g/mol. The molecule has 1 rings (SSSR count). The Morgan fingerprint density at radius 2 is 2.27 bits per heavy atom. The predicted octanol–water partition coefficient (Wildman–Crippen LogP) is -2.34. The van der Waals surface area contributed by atoms with Crippen LogP contribution in [0.1, 0.15) is 26.2 Å². The molecule has 1 aliphatic heterocycles. The first-order valence-electron chi connectivity index (χ1n) is 5.21. The summed E-state index contributed by atoms with van der Waals surface area (Å²) in [7, 11) is -2.93. The molecule has 1 fully saturated rings. The second-order valence-corrected chi connectivity index (χ2v) is 6.30. The lowest BCUT2D eigenvalue weighted by molar-refractivity contribution is -0.711. The molecule has 2 N–H and O–H groups in total. The molecule has 0 unspecified atom stereocenters. The van der Waals surface area contributed by atoms with Crippen LogP contribution in [0.25, 0.3) is 0 Å². The maximum atomic E-state index is 11.2. The molecule has 0 aliphatic carbocycles. The number of nitrogens with two attached hydrogens (primary N) is 1. The Bertz CT molecular complexity index is 325. The number of carboxylic acid groups (broad SMARTS) is 1. The first-order valence-corrected chi connectivity index (χ1v) is 7.03. The van der Waals surface area contributed by atoms with Crippen molar-refractivity contribution in [2.24, 2.45) is 0 Å². The quantitative estimate of drug-likeness (QED) is 0.578. The number of hydrogen-bond donors (Lipinski definition) is 1. The van der Waals surface area contributed by atoms with Crippen LogP contribution >= 0.6 is 0 Å². The van der Waals surface area contributed by atoms with Crippen molar-refractivity contribution >= 4 is 15.8 Å². The van der Waals surface area contributed by atoms with E-state index in [-0.39, 0.29) is 17.5 Å². The fraction of sp³-hybridized carbons (Fsp3) is 0.889. The van der Waals surface area contributed by atoms with Crippen LogP contribution in [0, 0.1) is 0 Å². The van der Waals surface area contributed by atoms with E-state index in [4.69, 9.17) is 0 Å². The van der Waals surface area contributed by atoms with Gasteiger partial charge in [-0.2, -0.15) is 0 Å². The van der Waals surface area contributed by atoms with Gasteiger partial charge >= 0.3 is 0 Å². The average Bonchev–Trinajstić information content (AvgIpc) is 2.44. The monoisotopic (exact) mass is 235 g/mol. The van der Waals surface area contributed by atoms with Gasteiger partial charge < -0.3 is 15.2 Å². The zero-order chi connectivity index (χ0) is 11.5. The first-order chi connectivity index (χ1) is 6.94. The molecule has 6 heteroatoms. The van der Waals surface area contributed by atoms with Gasteiger partial charge in [0.2, 0.25) is 0 Å². The molecule has 88 valence electrons. The normalized spacial score (nSPS) is 26.3. The third kappa shape index (κ3) is 3.79. The first kappa shape index (κ1) is 12.4. The summed E-state index contributed by atoms with van der Waals surface area (Å²) in [5, 5.41) is 12.4. The van der Waals surface area contributed by atoms with Crippen molar-refractivity contribution in [1.29, 1.82) is 0 Å². The van der Waals surface area contributed by atoms with Crippen LogP contribution in [0.15, 0.2) is 0 Å². The summed E-state index contributed by atoms with van der Waals surface area (Å²) in [6.07, 6.45) is 1.84. The lowest BCUT2D eigenvalue weighted by Gasteiger charge is -2.19. The van der Waals surface area contributed by atoms with Gasteiger partial charge in [0.15, 0.2) is 9.84 Å². The topological polar surface area (TPSA) is 90.9 Å². The van der Waals surface area contributed by atoms with E-state index in [1.807, 2.05) is 6.92 Å². The minimum Gasteiger partial charge on any atom is -0.544 e. The lowest BCUT2D eigenvalue weighted by atomic mass is 10.1. The Morgan fingerprint density at radius 3 is 2.67 bits per heavy atom. The molecule has 1 aliphatic rings. The van der Waals surface area contributed by atoms with Gasteiger partial charge in [0, 0.05) is 12.8 Å². The number of carbonyl (C=O) groups excluding carboxylic acids is 1. The Hall–Kier alpha value is -0.620. The van der Waals surface area contributed by atoms with Crippen LogP contribution < -0.4 is 10.4 Å². The van der Waals surface area contributed by atoms with E-state index in [9.17, 15) is 18.3 Å². The van der Waals surface area contributed by atoms with Crippen molar-refractivity contribution in [3.63, 3.8) is 0 Å². The Morgan fingerprint density at radius 1 is 1.60 bits per heavy atom. The summed E-state index contributed by atoms with van der Waals surface area (Å²) >= 11 is 0. The van der Waals surface area contributed by atoms with Crippen molar-refractivity contribution < 1.29 is 23.6 Å². The molecule has 1 heterocycles. The largest absolute Gasteiger partial charge is 0.544 e. The summed E-state index contributed by atoms with van der Waals surface area (Å²) in [6.45, 7) is 1.90. The summed E-state index contributed by atoms with van der Waals surface area (Å²) in [5.41, 5.74) is 0. The summed E-state index contributed by atoms with van der Waals surface area (Å²) in [4.78, 5) is 10.7. The molecule has 0 aromatic carbocycles. The summed E-state index contributed by atoms with van der Waals surface area (Å²) in [5.74, 6) is -0.818. The van der Waals surface area contributed by atoms with Crippen LogP contribution in [0.3, 0.4) is 0 Å². The van der Waals surface area contributed by atoms with Crippen molar-refractivity contribution in [2.45, 2.75) is 38.3 Å². The number of aliphatic carboxylic acids is 1. The van der Waals surface area contributed by atoms with E-state index in [0.29, 0.717) is 12.8 Å². The van der Waals surface area contributed by atoms with Crippen LogP contribution in [0.4, 0.5) is 0 Å². The molecule has 1 saturated heterocycles. The van der Waals surface area contributed by atoms with E-state index < -0.39 is 21.8 Å². The maximum absolute atomic E-state index is 11.2. The Labute approximate surface area is 89.8 Å². The smallest absolute Gasteiger partial charge is 0.156 e. The molecule has 0 amide bonds. The van der Waals surface area contributed by atoms with Gasteiger partial charge in [-0.3, -0.25) is 0 Å². The molecular formula is C9H17NO4S. The number of rotatable bonds is 5. The third-order valence-electron chi connectivity index (χ3n) is 2.67. The maximum Gasteiger partial charge on any atom is 0.156 e. The molecule has 0 aromatic rings. The second-order valence-electron chi connectivity index (χ2n) is 4.07. The Balaban J connectivity index is 2.49. The average molecular weight is 235 g/mol. The fourth-order valence-electron chi connectivity index (χ4n) is 1.91. The number of sulfone groups is 1. The van der Waals surface area contributed by atoms with Crippen molar-refractivity contribution in [2.75, 3.05) is 11.5 Å². The highest BCUT2D eigenvalue weighted by Crippen LogP contribution is 2.08. The van der Waals surface area contributed by atoms with E-state index in [1.54, 1.807) is 5.32 Å². The Kier molecular flexibility index (Phi) is 4.10. The van der Waals surface area contributed by atoms with Crippen LogP contribution in [0.2, 0.25) is 0 Å². The van der Waals surface area contributed by atoms with Crippen LogP contribution in [-0.2, 0) is 14.6 Å². The zero-order valence-corrected chi connectivity index (χ0v) is 9.63. The standard InChI is InChI=1S/C9H17NO4S/c1-2-3-8(9(11)12)10-7-4-5-15(13,14)6-7/h7-8,10H,2-6H2,1H3,(H,11,12)/t7-,8+/m1/s1. The van der Waals surface area contributed by atoms with Gasteiger partial charge in [-0.1, -0.05) is 13.3 Å². The van der Waals surface area contributed by atoms with Crippen LogP contribution in [0.5, 0.6) is 0 Å². The van der Waals surface area contributed by atoms with Gasteiger partial charge in [-0.25, -0.2) is 8.42 Å². The molecule has 0 saturated carbocycles. The fourth-order valence-corrected chi connectivity index (χ4v) is 3.67. The lowest BCUT2D eigenvalue weighted by Crippen LogP contribution is -2.97. The highest BCUT2D eigenvalue weighted by Gasteiger charge is 2.32. The van der Waals surface area contributed by atoms with Crippen molar-refractivity contribution in [1.82, 2.24) is 0 Å². The van der Waals surface area contributed by atoms with Gasteiger partial charge in [-0.05, 0) is 0 Å². The van der Waals surface area contributed by atoms with Gasteiger partial charge in [0.1, 0.15) is 17.8 Å². The number of quaternary nitrogens is 1. The van der Waals surface area contributed by atoms with Crippen LogP contribution in [-0.4, -0.2) is 38.0 Å². The van der Waals surface area contributed by atoms with Crippen molar-refractivity contribution in [3.05, 3.63) is 0 Å². The number of hydrogen-bond acceptors (Lipinski definition) is 4. The van der Waals surface area contributed by atoms with Gasteiger partial charge in [0.25, 0.3) is 0 Å². The second kappa shape index (κ2) is 4.94. The molecule has 2 atom stereocenters. The van der Waals surface area contributed by atoms with Gasteiger partial charge in [-0.15, -0.1) is 0 Å². The molecule has 0 radical (unpaired) electrons. The SMILES string of the molecule is CCC[C@H]([NH2+][C@@H]1CCS(=O)(=O)C1)C(=O)[O-]. The minimum absolute atomic E-state index is 0.0977. The minimum atomic E-state index is -2.93. The zero-order valence-electron chi connectivity index (χ0n) is 8.81. The summed E-state index contributed by atoms with van der Waals surface area (Å²) < 4.78 is 22.3. The van der Waals surface area contributed by atoms with E-state index >= 15 is 0 Å². The van der Waals surface area contributed by atoms with E-state index in [2.05, 4.69) is 0 Å². The molecule has 0 aromatic heterocycles. The van der Waals surface area contributed by atoms with Crippen molar-refractivity contribution in [3.8, 4) is 0 Å². The number of carbonyl (C=O) groups is 1. The van der Waals surface area contributed by atoms with E-state index in [0.717, 1.165) is 6.42 Å². The highest BCUT2D eigenvalue weighted by atomic mass is 32.2. The predicted molar refractivity (Wildman–Crippen MR) is 52.7 cm³/mol. The van der Waals surface area contributed by atoms with Gasteiger partial charge in [0.05, 0.1) is 11.7 Å². The molecule has 0 spiro atoms. The molecule has 15 heavy (non-hydrogen) atoms. The third-order valence-corrected chi connectivity index (χ3v) is 4.47. The highest BCUT2D eigenvalue weighted by molar-refractivity contribution is 7.91.